The van der Waals surface area contributed by atoms with E-state index in [9.17, 15) is 4.79 Å². The smallest absolute Gasteiger partial charge is 0.272 e. The number of fused-ring (bicyclic) bond motifs is 1. The van der Waals surface area contributed by atoms with Crippen molar-refractivity contribution < 1.29 is 4.79 Å². The van der Waals surface area contributed by atoms with Gasteiger partial charge < -0.3 is 10.3 Å². The highest BCUT2D eigenvalue weighted by atomic mass is 127. The van der Waals surface area contributed by atoms with Crippen LogP contribution in [-0.4, -0.2) is 15.9 Å². The molecular weight excluding hydrogens is 449 g/mol. The summed E-state index contributed by atoms with van der Waals surface area (Å²) < 4.78 is 1.08. The number of rotatable bonds is 3. The molecule has 0 aliphatic carbocycles. The molecule has 0 bridgehead atoms. The van der Waals surface area contributed by atoms with E-state index in [2.05, 4.69) is 50.0 Å². The monoisotopic (exact) mass is 467 g/mol. The molecule has 27 heavy (non-hydrogen) atoms. The average Bonchev–Trinajstić information content (AvgIpc) is 3.01. The Morgan fingerprint density at radius 2 is 1.89 bits per heavy atom. The number of anilines is 1. The van der Waals surface area contributed by atoms with Crippen molar-refractivity contribution in [1.82, 2.24) is 9.97 Å². The summed E-state index contributed by atoms with van der Waals surface area (Å²) in [6, 6.07) is 18.1. The standard InChI is InChI=1S/C22H18IN3O/c1-13-11-14(2)25-20(13)22(27)26-16-7-8-19(23)18(12-16)21-17-6-4-3-5-15(17)9-10-24-21/h3-12,25H,1-2H3,(H,26,27). The number of nitrogens with one attached hydrogen (secondary N) is 2. The molecule has 0 fully saturated rings. The van der Waals surface area contributed by atoms with E-state index in [0.29, 0.717) is 5.69 Å². The lowest BCUT2D eigenvalue weighted by Crippen LogP contribution is -2.13. The van der Waals surface area contributed by atoms with E-state index in [0.717, 1.165) is 42.5 Å². The number of hydrogen-bond donors (Lipinski definition) is 2. The van der Waals surface area contributed by atoms with E-state index in [1.807, 2.05) is 62.5 Å². The van der Waals surface area contributed by atoms with Gasteiger partial charge in [-0.1, -0.05) is 24.3 Å². The van der Waals surface area contributed by atoms with Gasteiger partial charge in [0.15, 0.2) is 0 Å². The third-order valence-corrected chi connectivity index (χ3v) is 5.47. The van der Waals surface area contributed by atoms with Crippen molar-refractivity contribution in [3.8, 4) is 11.3 Å². The molecule has 0 saturated carbocycles. The van der Waals surface area contributed by atoms with Gasteiger partial charge in [0.1, 0.15) is 5.69 Å². The number of hydrogen-bond acceptors (Lipinski definition) is 2. The quantitative estimate of drug-likeness (QED) is 0.380. The molecule has 2 aromatic heterocycles. The Balaban J connectivity index is 1.74. The summed E-state index contributed by atoms with van der Waals surface area (Å²) in [5, 5.41) is 5.23. The third-order valence-electron chi connectivity index (χ3n) is 4.53. The van der Waals surface area contributed by atoms with Gasteiger partial charge in [0.2, 0.25) is 0 Å². The van der Waals surface area contributed by atoms with Gasteiger partial charge in [0.25, 0.3) is 5.91 Å². The predicted molar refractivity (Wildman–Crippen MR) is 118 cm³/mol. The molecule has 0 aliphatic heterocycles. The molecule has 2 aromatic carbocycles. The number of aromatic nitrogens is 2. The van der Waals surface area contributed by atoms with Gasteiger partial charge in [-0.3, -0.25) is 9.78 Å². The molecular formula is C22H18IN3O. The minimum Gasteiger partial charge on any atom is -0.354 e. The summed E-state index contributed by atoms with van der Waals surface area (Å²) in [4.78, 5) is 20.4. The summed E-state index contributed by atoms with van der Waals surface area (Å²) in [5.74, 6) is -0.140. The van der Waals surface area contributed by atoms with Crippen LogP contribution in [0.1, 0.15) is 21.7 Å². The number of carbonyl (C=O) groups excluding carboxylic acids is 1. The van der Waals surface area contributed by atoms with Crippen molar-refractivity contribution in [2.24, 2.45) is 0 Å². The first-order valence-electron chi connectivity index (χ1n) is 8.64. The molecule has 2 heterocycles. The molecule has 0 saturated heterocycles. The molecule has 0 atom stereocenters. The second-order valence-corrected chi connectivity index (χ2v) is 7.70. The molecule has 134 valence electrons. The Morgan fingerprint density at radius 1 is 1.07 bits per heavy atom. The summed E-state index contributed by atoms with van der Waals surface area (Å²) >= 11 is 2.31. The predicted octanol–water partition coefficient (Wildman–Crippen LogP) is 5.70. The Labute approximate surface area is 171 Å². The van der Waals surface area contributed by atoms with Gasteiger partial charge in [0, 0.05) is 32.1 Å². The van der Waals surface area contributed by atoms with Gasteiger partial charge in [-0.25, -0.2) is 0 Å². The number of carbonyl (C=O) groups is 1. The maximum absolute atomic E-state index is 12.6. The van der Waals surface area contributed by atoms with Crippen molar-refractivity contribution >= 4 is 45.0 Å². The molecule has 4 rings (SSSR count). The first-order valence-corrected chi connectivity index (χ1v) is 9.72. The second kappa shape index (κ2) is 7.15. The first kappa shape index (κ1) is 17.7. The average molecular weight is 467 g/mol. The number of nitrogens with zero attached hydrogens (tertiary/aromatic N) is 1. The maximum Gasteiger partial charge on any atom is 0.272 e. The summed E-state index contributed by atoms with van der Waals surface area (Å²) in [6.07, 6.45) is 1.82. The number of aromatic amines is 1. The first-order chi connectivity index (χ1) is 13.0. The van der Waals surface area contributed by atoms with Crippen molar-refractivity contribution in [1.29, 1.82) is 0 Å². The van der Waals surface area contributed by atoms with Crippen LogP contribution in [0.25, 0.3) is 22.0 Å². The zero-order chi connectivity index (χ0) is 19.0. The molecule has 0 unspecified atom stereocenters. The highest BCUT2D eigenvalue weighted by Gasteiger charge is 2.14. The fourth-order valence-electron chi connectivity index (χ4n) is 3.28. The molecule has 4 aromatic rings. The van der Waals surface area contributed by atoms with E-state index in [4.69, 9.17) is 0 Å². The molecule has 2 N–H and O–H groups in total. The normalized spacial score (nSPS) is 10.9. The van der Waals surface area contributed by atoms with Crippen LogP contribution in [0.4, 0.5) is 5.69 Å². The van der Waals surface area contributed by atoms with Crippen molar-refractivity contribution in [3.05, 3.63) is 81.3 Å². The van der Waals surface area contributed by atoms with Crippen LogP contribution in [-0.2, 0) is 0 Å². The Bertz CT molecular complexity index is 1160. The second-order valence-electron chi connectivity index (χ2n) is 6.54. The van der Waals surface area contributed by atoms with Gasteiger partial charge >= 0.3 is 0 Å². The number of aryl methyl sites for hydroxylation is 2. The van der Waals surface area contributed by atoms with Crippen LogP contribution in [0.5, 0.6) is 0 Å². The molecule has 5 heteroatoms. The number of amides is 1. The number of H-pyrrole nitrogens is 1. The van der Waals surface area contributed by atoms with Gasteiger partial charge in [-0.15, -0.1) is 0 Å². The molecule has 4 nitrogen and oxygen atoms in total. The fraction of sp³-hybridized carbons (Fsp3) is 0.0909. The molecule has 0 radical (unpaired) electrons. The third kappa shape index (κ3) is 3.47. The number of pyridine rings is 1. The lowest BCUT2D eigenvalue weighted by molar-refractivity contribution is 0.102. The minimum absolute atomic E-state index is 0.140. The zero-order valence-corrected chi connectivity index (χ0v) is 17.2. The molecule has 1 amide bonds. The van der Waals surface area contributed by atoms with Crippen molar-refractivity contribution in [3.63, 3.8) is 0 Å². The Morgan fingerprint density at radius 3 is 2.67 bits per heavy atom. The molecule has 0 spiro atoms. The van der Waals surface area contributed by atoms with E-state index < -0.39 is 0 Å². The van der Waals surface area contributed by atoms with Crippen LogP contribution in [0.2, 0.25) is 0 Å². The zero-order valence-electron chi connectivity index (χ0n) is 15.0. The molecule has 0 aliphatic rings. The number of halogens is 1. The SMILES string of the molecule is Cc1cc(C)c(C(=O)Nc2ccc(I)c(-c3nccc4ccccc34)c2)[nH]1. The fourth-order valence-corrected chi connectivity index (χ4v) is 3.87. The minimum atomic E-state index is -0.140. The van der Waals surface area contributed by atoms with Crippen LogP contribution in [0.15, 0.2) is 60.8 Å². The van der Waals surface area contributed by atoms with E-state index >= 15 is 0 Å². The largest absolute Gasteiger partial charge is 0.354 e. The van der Waals surface area contributed by atoms with E-state index in [1.165, 1.54) is 0 Å². The van der Waals surface area contributed by atoms with E-state index in [1.54, 1.807) is 0 Å². The summed E-state index contributed by atoms with van der Waals surface area (Å²) in [5.41, 5.74) is 5.17. The van der Waals surface area contributed by atoms with Crippen molar-refractivity contribution in [2.75, 3.05) is 5.32 Å². The Hall–Kier alpha value is -2.67. The topological polar surface area (TPSA) is 57.8 Å². The highest BCUT2D eigenvalue weighted by Crippen LogP contribution is 2.32. The van der Waals surface area contributed by atoms with Crippen LogP contribution < -0.4 is 5.32 Å². The van der Waals surface area contributed by atoms with Crippen LogP contribution in [0, 0.1) is 17.4 Å². The maximum atomic E-state index is 12.6. The van der Waals surface area contributed by atoms with Gasteiger partial charge in [0.05, 0.1) is 5.69 Å². The van der Waals surface area contributed by atoms with Crippen LogP contribution in [0.3, 0.4) is 0 Å². The summed E-state index contributed by atoms with van der Waals surface area (Å²) in [6.45, 7) is 3.87. The highest BCUT2D eigenvalue weighted by molar-refractivity contribution is 14.1. The van der Waals surface area contributed by atoms with Crippen molar-refractivity contribution in [2.45, 2.75) is 13.8 Å². The lowest BCUT2D eigenvalue weighted by Gasteiger charge is -2.11. The number of benzene rings is 2. The van der Waals surface area contributed by atoms with E-state index in [-0.39, 0.29) is 5.91 Å². The summed E-state index contributed by atoms with van der Waals surface area (Å²) in [7, 11) is 0. The lowest BCUT2D eigenvalue weighted by atomic mass is 10.0. The van der Waals surface area contributed by atoms with Gasteiger partial charge in [-0.2, -0.15) is 0 Å². The Kier molecular flexibility index (Phi) is 4.70. The van der Waals surface area contributed by atoms with Crippen LogP contribution >= 0.6 is 22.6 Å². The van der Waals surface area contributed by atoms with Gasteiger partial charge in [-0.05, 0) is 77.7 Å².